The maximum Gasteiger partial charge on any atom is 0.212 e. The summed E-state index contributed by atoms with van der Waals surface area (Å²) in [6.45, 7) is 1.52. The number of halogens is 2. The molecule has 0 saturated heterocycles. The van der Waals surface area contributed by atoms with E-state index in [4.69, 9.17) is 0 Å². The van der Waals surface area contributed by atoms with E-state index < -0.39 is 0 Å². The van der Waals surface area contributed by atoms with Gasteiger partial charge in [-0.1, -0.05) is 72.8 Å². The van der Waals surface area contributed by atoms with Gasteiger partial charge in [-0.2, -0.15) is 9.13 Å². The Labute approximate surface area is 243 Å². The standard InChI is InChI=1S/C33H26N2O.2BrH/c36-33(29-17-13-25(14-18-29)23-34-21-5-9-27-7-1-3-11-31(27)34)30-19-15-26(16-20-30)24-35-22-6-10-28-8-2-4-12-32(28)35;;/h1-22H,23-24H2;2*1H/q+2;;/p-2. The minimum Gasteiger partial charge on any atom is -1.00 e. The molecule has 6 rings (SSSR count). The van der Waals surface area contributed by atoms with Gasteiger partial charge in [0.2, 0.25) is 11.0 Å². The molecule has 4 aromatic carbocycles. The number of carbonyl (C=O) groups is 1. The van der Waals surface area contributed by atoms with Crippen LogP contribution in [0.2, 0.25) is 0 Å². The van der Waals surface area contributed by atoms with E-state index in [2.05, 4.69) is 94.3 Å². The molecule has 5 heteroatoms. The Balaban J connectivity index is 0.00000168. The minimum absolute atomic E-state index is 0. The van der Waals surface area contributed by atoms with Crippen molar-refractivity contribution in [2.24, 2.45) is 0 Å². The average molecular weight is 626 g/mol. The molecule has 0 amide bonds. The Morgan fingerprint density at radius 1 is 0.474 bits per heavy atom. The number of hydrogen-bond acceptors (Lipinski definition) is 1. The zero-order valence-electron chi connectivity index (χ0n) is 20.7. The summed E-state index contributed by atoms with van der Waals surface area (Å²) in [5, 5.41) is 2.43. The fourth-order valence-corrected chi connectivity index (χ4v) is 4.80. The Morgan fingerprint density at radius 2 is 0.842 bits per heavy atom. The third-order valence-corrected chi connectivity index (χ3v) is 6.71. The number of fused-ring (bicyclic) bond motifs is 2. The molecule has 0 aliphatic carbocycles. The second kappa shape index (κ2) is 12.2. The van der Waals surface area contributed by atoms with Gasteiger partial charge in [0, 0.05) is 57.3 Å². The summed E-state index contributed by atoms with van der Waals surface area (Å²) in [5.41, 5.74) is 6.13. The number of pyridine rings is 2. The first-order chi connectivity index (χ1) is 17.7. The van der Waals surface area contributed by atoms with Gasteiger partial charge in [0.15, 0.2) is 31.3 Å². The van der Waals surface area contributed by atoms with Crippen molar-refractivity contribution in [3.8, 4) is 0 Å². The second-order valence-corrected chi connectivity index (χ2v) is 9.11. The summed E-state index contributed by atoms with van der Waals surface area (Å²) in [5.74, 6) is 0.0451. The normalized spacial score (nSPS) is 10.5. The molecule has 2 heterocycles. The molecule has 0 aliphatic heterocycles. The molecular formula is C33H26Br2N2O. The molecule has 0 saturated carbocycles. The summed E-state index contributed by atoms with van der Waals surface area (Å²) in [4.78, 5) is 13.1. The molecular weight excluding hydrogens is 600 g/mol. The van der Waals surface area contributed by atoms with Gasteiger partial charge in [-0.05, 0) is 24.3 Å². The third-order valence-electron chi connectivity index (χ3n) is 6.71. The van der Waals surface area contributed by atoms with Crippen LogP contribution >= 0.6 is 0 Å². The molecule has 188 valence electrons. The van der Waals surface area contributed by atoms with Crippen LogP contribution in [-0.2, 0) is 13.1 Å². The van der Waals surface area contributed by atoms with Crippen LogP contribution in [0.3, 0.4) is 0 Å². The number of nitrogens with zero attached hydrogens (tertiary/aromatic N) is 2. The van der Waals surface area contributed by atoms with Crippen molar-refractivity contribution in [3.63, 3.8) is 0 Å². The van der Waals surface area contributed by atoms with Crippen molar-refractivity contribution in [1.82, 2.24) is 0 Å². The Kier molecular flexibility index (Phi) is 8.82. The molecule has 3 nitrogen and oxygen atoms in total. The first-order valence-corrected chi connectivity index (χ1v) is 12.2. The lowest BCUT2D eigenvalue weighted by molar-refractivity contribution is -0.662. The van der Waals surface area contributed by atoms with Crippen molar-refractivity contribution in [2.75, 3.05) is 0 Å². The highest BCUT2D eigenvalue weighted by atomic mass is 79.9. The summed E-state index contributed by atoms with van der Waals surface area (Å²) in [6, 6.07) is 41.1. The summed E-state index contributed by atoms with van der Waals surface area (Å²) < 4.78 is 4.47. The summed E-state index contributed by atoms with van der Waals surface area (Å²) in [6.07, 6.45) is 4.19. The molecule has 0 aliphatic rings. The smallest absolute Gasteiger partial charge is 0.212 e. The van der Waals surface area contributed by atoms with Crippen LogP contribution in [0.4, 0.5) is 0 Å². The first-order valence-electron chi connectivity index (χ1n) is 12.2. The van der Waals surface area contributed by atoms with Crippen LogP contribution in [0.15, 0.2) is 134 Å². The van der Waals surface area contributed by atoms with E-state index in [0.29, 0.717) is 11.1 Å². The van der Waals surface area contributed by atoms with Crippen LogP contribution in [0, 0.1) is 0 Å². The van der Waals surface area contributed by atoms with Gasteiger partial charge in [-0.15, -0.1) is 0 Å². The zero-order valence-corrected chi connectivity index (χ0v) is 23.8. The summed E-state index contributed by atoms with van der Waals surface area (Å²) >= 11 is 0. The maximum atomic E-state index is 13.1. The molecule has 0 radical (unpaired) electrons. The van der Waals surface area contributed by atoms with Crippen molar-refractivity contribution < 1.29 is 47.9 Å². The van der Waals surface area contributed by atoms with E-state index >= 15 is 0 Å². The Bertz CT molecular complexity index is 1560. The minimum atomic E-state index is 0. The zero-order chi connectivity index (χ0) is 24.3. The monoisotopic (exact) mass is 624 g/mol. The lowest BCUT2D eigenvalue weighted by atomic mass is 10.0. The van der Waals surface area contributed by atoms with Crippen molar-refractivity contribution in [3.05, 3.63) is 156 Å². The van der Waals surface area contributed by atoms with Gasteiger partial charge in [-0.3, -0.25) is 4.79 Å². The van der Waals surface area contributed by atoms with E-state index in [-0.39, 0.29) is 39.7 Å². The number of carbonyl (C=O) groups excluding carboxylic acids is 1. The predicted octanol–water partition coefficient (Wildman–Crippen LogP) is -0.0964. The van der Waals surface area contributed by atoms with Gasteiger partial charge in [0.25, 0.3) is 0 Å². The number of rotatable bonds is 6. The van der Waals surface area contributed by atoms with Crippen molar-refractivity contribution in [2.45, 2.75) is 13.1 Å². The predicted molar refractivity (Wildman–Crippen MR) is 143 cm³/mol. The highest BCUT2D eigenvalue weighted by molar-refractivity contribution is 6.09. The number of ketones is 1. The van der Waals surface area contributed by atoms with Gasteiger partial charge in [-0.25, -0.2) is 0 Å². The summed E-state index contributed by atoms with van der Waals surface area (Å²) in [7, 11) is 0. The SMILES string of the molecule is O=C(c1ccc(C[n+]2cccc3ccccc32)cc1)c1ccc(C[n+]2cccc3ccccc32)cc1.[Br-].[Br-]. The average Bonchev–Trinajstić information content (AvgIpc) is 2.94. The van der Waals surface area contributed by atoms with Crippen molar-refractivity contribution in [1.29, 1.82) is 0 Å². The van der Waals surface area contributed by atoms with Crippen LogP contribution < -0.4 is 43.1 Å². The highest BCUT2D eigenvalue weighted by Gasteiger charge is 2.13. The van der Waals surface area contributed by atoms with Crippen LogP contribution in [0.25, 0.3) is 21.8 Å². The van der Waals surface area contributed by atoms with Gasteiger partial charge in [0.05, 0.1) is 0 Å². The molecule has 0 N–H and O–H groups in total. The maximum absolute atomic E-state index is 13.1. The quantitative estimate of drug-likeness (QED) is 0.188. The molecule has 0 atom stereocenters. The van der Waals surface area contributed by atoms with Crippen LogP contribution in [0.1, 0.15) is 27.0 Å². The molecule has 0 bridgehead atoms. The highest BCUT2D eigenvalue weighted by Crippen LogP contribution is 2.15. The molecule has 0 spiro atoms. The third kappa shape index (κ3) is 5.74. The van der Waals surface area contributed by atoms with Gasteiger partial charge in [0.1, 0.15) is 0 Å². The van der Waals surface area contributed by atoms with Crippen LogP contribution in [-0.4, -0.2) is 5.78 Å². The topological polar surface area (TPSA) is 24.8 Å². The molecule has 38 heavy (non-hydrogen) atoms. The lowest BCUT2D eigenvalue weighted by Gasteiger charge is -2.05. The fraction of sp³-hybridized carbons (Fsp3) is 0.0606. The molecule has 2 aromatic heterocycles. The van der Waals surface area contributed by atoms with E-state index in [1.165, 1.54) is 21.8 Å². The van der Waals surface area contributed by atoms with Gasteiger partial charge >= 0.3 is 0 Å². The largest absolute Gasteiger partial charge is 1.00 e. The number of aromatic nitrogens is 2. The van der Waals surface area contributed by atoms with Crippen LogP contribution in [0.5, 0.6) is 0 Å². The van der Waals surface area contributed by atoms with Gasteiger partial charge < -0.3 is 34.0 Å². The fourth-order valence-electron chi connectivity index (χ4n) is 4.80. The number of benzene rings is 4. The Hall–Kier alpha value is -3.67. The molecule has 0 fully saturated rings. The molecule has 0 unspecified atom stereocenters. The first kappa shape index (κ1) is 27.4. The van der Waals surface area contributed by atoms with E-state index in [1.54, 1.807) is 0 Å². The van der Waals surface area contributed by atoms with E-state index in [9.17, 15) is 4.79 Å². The van der Waals surface area contributed by atoms with E-state index in [0.717, 1.165) is 24.2 Å². The van der Waals surface area contributed by atoms with E-state index in [1.807, 2.05) is 48.5 Å². The van der Waals surface area contributed by atoms with Crippen molar-refractivity contribution >= 4 is 27.6 Å². The Morgan fingerprint density at radius 3 is 1.26 bits per heavy atom. The lowest BCUT2D eigenvalue weighted by Crippen LogP contribution is -3.00. The number of hydrogen-bond donors (Lipinski definition) is 0. The second-order valence-electron chi connectivity index (χ2n) is 9.11. The number of para-hydroxylation sites is 2. The molecule has 6 aromatic rings.